The van der Waals surface area contributed by atoms with Gasteiger partial charge < -0.3 is 20.5 Å². The number of para-hydroxylation sites is 1. The van der Waals surface area contributed by atoms with Gasteiger partial charge in [-0.3, -0.25) is 4.79 Å². The van der Waals surface area contributed by atoms with Crippen LogP contribution in [0.1, 0.15) is 10.4 Å². The zero-order valence-corrected chi connectivity index (χ0v) is 11.6. The van der Waals surface area contributed by atoms with E-state index in [0.717, 1.165) is 0 Å². The Kier molecular flexibility index (Phi) is 4.27. The lowest BCUT2D eigenvalue weighted by Crippen LogP contribution is -2.14. The molecule has 6 heteroatoms. The third-order valence-corrected chi connectivity index (χ3v) is 2.93. The largest absolute Gasteiger partial charge is 0.493 e. The number of ether oxygens (including phenoxy) is 2. The van der Waals surface area contributed by atoms with Crippen molar-refractivity contribution in [3.05, 3.63) is 47.8 Å². The SMILES string of the molecule is COc1ccc(C(=O)Nc2c(N)cccc2F)cc1OC. The molecule has 1 amide bonds. The van der Waals surface area contributed by atoms with Crippen LogP contribution in [0.3, 0.4) is 0 Å². The van der Waals surface area contributed by atoms with E-state index in [9.17, 15) is 9.18 Å². The van der Waals surface area contributed by atoms with Crippen molar-refractivity contribution in [2.24, 2.45) is 0 Å². The molecule has 2 aromatic carbocycles. The first-order valence-electron chi connectivity index (χ1n) is 6.14. The molecule has 0 aliphatic rings. The third-order valence-electron chi connectivity index (χ3n) is 2.93. The molecule has 0 aliphatic heterocycles. The summed E-state index contributed by atoms with van der Waals surface area (Å²) in [6, 6.07) is 8.85. The standard InChI is InChI=1S/C15H15FN2O3/c1-20-12-7-6-9(8-13(12)21-2)15(19)18-14-10(16)4-3-5-11(14)17/h3-8H,17H2,1-2H3,(H,18,19). The van der Waals surface area contributed by atoms with Crippen LogP contribution in [0.25, 0.3) is 0 Å². The maximum atomic E-state index is 13.7. The van der Waals surface area contributed by atoms with Crippen LogP contribution in [0.15, 0.2) is 36.4 Å². The number of benzene rings is 2. The van der Waals surface area contributed by atoms with Crippen LogP contribution in [0, 0.1) is 5.82 Å². The lowest BCUT2D eigenvalue weighted by Gasteiger charge is -2.11. The Morgan fingerprint density at radius 1 is 1.14 bits per heavy atom. The third kappa shape index (κ3) is 3.05. The molecule has 0 saturated carbocycles. The van der Waals surface area contributed by atoms with Crippen molar-refractivity contribution in [2.45, 2.75) is 0 Å². The molecule has 110 valence electrons. The average molecular weight is 290 g/mol. The summed E-state index contributed by atoms with van der Waals surface area (Å²) < 4.78 is 23.9. The van der Waals surface area contributed by atoms with E-state index < -0.39 is 11.7 Å². The van der Waals surface area contributed by atoms with Gasteiger partial charge in [0.15, 0.2) is 11.5 Å². The van der Waals surface area contributed by atoms with Crippen molar-refractivity contribution in [3.63, 3.8) is 0 Å². The molecule has 0 heterocycles. The van der Waals surface area contributed by atoms with Crippen molar-refractivity contribution in [1.82, 2.24) is 0 Å². The maximum absolute atomic E-state index is 13.7. The number of carbonyl (C=O) groups is 1. The number of halogens is 1. The van der Waals surface area contributed by atoms with Gasteiger partial charge in [-0.15, -0.1) is 0 Å². The van der Waals surface area contributed by atoms with Crippen molar-refractivity contribution in [3.8, 4) is 11.5 Å². The lowest BCUT2D eigenvalue weighted by molar-refractivity contribution is 0.102. The van der Waals surface area contributed by atoms with Crippen LogP contribution in [-0.4, -0.2) is 20.1 Å². The van der Waals surface area contributed by atoms with Crippen LogP contribution in [0.5, 0.6) is 11.5 Å². The molecule has 0 unspecified atom stereocenters. The van der Waals surface area contributed by atoms with E-state index >= 15 is 0 Å². The molecule has 2 aromatic rings. The summed E-state index contributed by atoms with van der Waals surface area (Å²) in [6.07, 6.45) is 0. The molecule has 5 nitrogen and oxygen atoms in total. The van der Waals surface area contributed by atoms with E-state index in [2.05, 4.69) is 5.32 Å². The summed E-state index contributed by atoms with van der Waals surface area (Å²) in [6.45, 7) is 0. The highest BCUT2D eigenvalue weighted by Gasteiger charge is 2.14. The molecule has 2 rings (SSSR count). The smallest absolute Gasteiger partial charge is 0.255 e. The number of rotatable bonds is 4. The van der Waals surface area contributed by atoms with E-state index in [-0.39, 0.29) is 11.4 Å². The molecule has 21 heavy (non-hydrogen) atoms. The molecular formula is C15H15FN2O3. The fraction of sp³-hybridized carbons (Fsp3) is 0.133. The molecule has 0 aromatic heterocycles. The number of hydrogen-bond acceptors (Lipinski definition) is 4. The summed E-state index contributed by atoms with van der Waals surface area (Å²) in [5, 5.41) is 2.45. The Balaban J connectivity index is 2.29. The summed E-state index contributed by atoms with van der Waals surface area (Å²) in [7, 11) is 2.96. The van der Waals surface area contributed by atoms with E-state index in [1.807, 2.05) is 0 Å². The first kappa shape index (κ1) is 14.6. The molecule has 0 atom stereocenters. The quantitative estimate of drug-likeness (QED) is 0.849. The van der Waals surface area contributed by atoms with E-state index in [1.54, 1.807) is 12.1 Å². The van der Waals surface area contributed by atoms with Gasteiger partial charge in [-0.1, -0.05) is 6.07 Å². The first-order chi connectivity index (χ1) is 10.1. The number of hydrogen-bond donors (Lipinski definition) is 2. The highest BCUT2D eigenvalue weighted by atomic mass is 19.1. The molecule has 0 fully saturated rings. The Bertz CT molecular complexity index is 654. The molecule has 0 bridgehead atoms. The lowest BCUT2D eigenvalue weighted by atomic mass is 10.1. The molecule has 0 aliphatic carbocycles. The maximum Gasteiger partial charge on any atom is 0.255 e. The first-order valence-corrected chi connectivity index (χ1v) is 6.14. The van der Waals surface area contributed by atoms with Gasteiger partial charge in [-0.25, -0.2) is 4.39 Å². The van der Waals surface area contributed by atoms with Crippen LogP contribution in [-0.2, 0) is 0 Å². The normalized spacial score (nSPS) is 10.0. The van der Waals surface area contributed by atoms with Crippen molar-refractivity contribution in [2.75, 3.05) is 25.3 Å². The molecule has 0 spiro atoms. The van der Waals surface area contributed by atoms with Gasteiger partial charge in [-0.2, -0.15) is 0 Å². The predicted octanol–water partition coefficient (Wildman–Crippen LogP) is 2.68. The number of nitrogen functional groups attached to an aromatic ring is 1. The number of nitrogens with one attached hydrogen (secondary N) is 1. The second kappa shape index (κ2) is 6.13. The van der Waals surface area contributed by atoms with Gasteiger partial charge in [-0.05, 0) is 30.3 Å². The molecular weight excluding hydrogens is 275 g/mol. The minimum Gasteiger partial charge on any atom is -0.493 e. The number of methoxy groups -OCH3 is 2. The monoisotopic (exact) mass is 290 g/mol. The van der Waals surface area contributed by atoms with E-state index in [4.69, 9.17) is 15.2 Å². The van der Waals surface area contributed by atoms with Gasteiger partial charge in [0, 0.05) is 5.56 Å². The number of carbonyl (C=O) groups excluding carboxylic acids is 1. The summed E-state index contributed by atoms with van der Waals surface area (Å²) in [5.74, 6) is -0.178. The minimum atomic E-state index is -0.594. The predicted molar refractivity (Wildman–Crippen MR) is 78.3 cm³/mol. The molecule has 0 radical (unpaired) electrons. The van der Waals surface area contributed by atoms with Crippen molar-refractivity contribution in [1.29, 1.82) is 0 Å². The fourth-order valence-corrected chi connectivity index (χ4v) is 1.84. The van der Waals surface area contributed by atoms with E-state index in [1.165, 1.54) is 38.5 Å². The van der Waals surface area contributed by atoms with Crippen LogP contribution < -0.4 is 20.5 Å². The average Bonchev–Trinajstić information content (AvgIpc) is 2.50. The number of anilines is 2. The highest BCUT2D eigenvalue weighted by Crippen LogP contribution is 2.28. The Labute approximate surface area is 121 Å². The zero-order valence-electron chi connectivity index (χ0n) is 11.6. The van der Waals surface area contributed by atoms with Gasteiger partial charge in [0.05, 0.1) is 19.9 Å². The second-order valence-electron chi connectivity index (χ2n) is 4.23. The molecule has 0 saturated heterocycles. The van der Waals surface area contributed by atoms with Crippen LogP contribution in [0.4, 0.5) is 15.8 Å². The summed E-state index contributed by atoms with van der Waals surface area (Å²) >= 11 is 0. The topological polar surface area (TPSA) is 73.6 Å². The Morgan fingerprint density at radius 3 is 2.48 bits per heavy atom. The van der Waals surface area contributed by atoms with Gasteiger partial charge in [0.25, 0.3) is 5.91 Å². The van der Waals surface area contributed by atoms with Gasteiger partial charge >= 0.3 is 0 Å². The zero-order chi connectivity index (χ0) is 15.4. The minimum absolute atomic E-state index is 0.0442. The van der Waals surface area contributed by atoms with Crippen LogP contribution >= 0.6 is 0 Å². The fourth-order valence-electron chi connectivity index (χ4n) is 1.84. The number of amides is 1. The summed E-state index contributed by atoms with van der Waals surface area (Å²) in [5.41, 5.74) is 6.06. The second-order valence-corrected chi connectivity index (χ2v) is 4.23. The Hall–Kier alpha value is -2.76. The van der Waals surface area contributed by atoms with Gasteiger partial charge in [0.1, 0.15) is 11.5 Å². The Morgan fingerprint density at radius 2 is 1.86 bits per heavy atom. The van der Waals surface area contributed by atoms with E-state index in [0.29, 0.717) is 17.1 Å². The van der Waals surface area contributed by atoms with Crippen molar-refractivity contribution >= 4 is 17.3 Å². The highest BCUT2D eigenvalue weighted by molar-refractivity contribution is 6.06. The van der Waals surface area contributed by atoms with Crippen molar-refractivity contribution < 1.29 is 18.7 Å². The van der Waals surface area contributed by atoms with Gasteiger partial charge in [0.2, 0.25) is 0 Å². The van der Waals surface area contributed by atoms with Crippen LogP contribution in [0.2, 0.25) is 0 Å². The summed E-state index contributed by atoms with van der Waals surface area (Å²) in [4.78, 5) is 12.2. The number of nitrogens with two attached hydrogens (primary N) is 1. The molecule has 3 N–H and O–H groups in total.